The van der Waals surface area contributed by atoms with E-state index in [1.807, 2.05) is 6.92 Å². The van der Waals surface area contributed by atoms with E-state index in [4.69, 9.17) is 0 Å². The van der Waals surface area contributed by atoms with Gasteiger partial charge in [0.1, 0.15) is 0 Å². The lowest BCUT2D eigenvalue weighted by molar-refractivity contribution is -0.139. The molecule has 0 saturated carbocycles. The maximum absolute atomic E-state index is 13.5. The minimum atomic E-state index is -4.42. The zero-order valence-corrected chi connectivity index (χ0v) is 10.3. The highest BCUT2D eigenvalue weighted by molar-refractivity contribution is 5.31. The Morgan fingerprint density at radius 3 is 2.21 bits per heavy atom. The smallest absolute Gasteiger partial charge is 0.392 e. The Morgan fingerprint density at radius 2 is 1.74 bits per heavy atom. The summed E-state index contributed by atoms with van der Waals surface area (Å²) in [6.45, 7) is 1.92. The number of hydrogen-bond acceptors (Lipinski definition) is 2. The van der Waals surface area contributed by atoms with Gasteiger partial charge >= 0.3 is 6.18 Å². The van der Waals surface area contributed by atoms with Crippen molar-refractivity contribution in [1.82, 2.24) is 5.32 Å². The van der Waals surface area contributed by atoms with E-state index in [2.05, 4.69) is 10.1 Å². The second-order valence-corrected chi connectivity index (χ2v) is 3.88. The Labute approximate surface area is 107 Å². The van der Waals surface area contributed by atoms with Gasteiger partial charge in [-0.25, -0.2) is 8.78 Å². The van der Waals surface area contributed by atoms with Crippen LogP contribution in [0.15, 0.2) is 12.1 Å². The molecular formula is C12H14F5NO. The molecule has 0 radical (unpaired) electrons. The van der Waals surface area contributed by atoms with Gasteiger partial charge in [0.05, 0.1) is 13.0 Å². The molecular weight excluding hydrogens is 269 g/mol. The van der Waals surface area contributed by atoms with E-state index in [0.29, 0.717) is 12.1 Å². The summed E-state index contributed by atoms with van der Waals surface area (Å²) >= 11 is 0. The standard InChI is InChI=1S/C12H14F5NO/c1-2-18-7-8-5-9(13)11(10(14)6-8)19-4-3-12(15,16)17/h5-6,18H,2-4,7H2,1H3. The van der Waals surface area contributed by atoms with Crippen molar-refractivity contribution < 1.29 is 26.7 Å². The van der Waals surface area contributed by atoms with Crippen LogP contribution < -0.4 is 10.1 Å². The van der Waals surface area contributed by atoms with Crippen LogP contribution in [0.5, 0.6) is 5.75 Å². The first-order valence-corrected chi connectivity index (χ1v) is 5.71. The molecule has 1 N–H and O–H groups in total. The predicted octanol–water partition coefficient (Wildman–Crippen LogP) is 3.41. The number of rotatable bonds is 6. The molecule has 0 heterocycles. The Bertz CT molecular complexity index is 396. The van der Waals surface area contributed by atoms with E-state index in [0.717, 1.165) is 12.1 Å². The third kappa shape index (κ3) is 5.42. The zero-order valence-electron chi connectivity index (χ0n) is 10.3. The van der Waals surface area contributed by atoms with E-state index < -0.39 is 36.6 Å². The SMILES string of the molecule is CCNCc1cc(F)c(OCCC(F)(F)F)c(F)c1. The van der Waals surface area contributed by atoms with Gasteiger partial charge < -0.3 is 10.1 Å². The molecule has 1 aromatic carbocycles. The topological polar surface area (TPSA) is 21.3 Å². The highest BCUT2D eigenvalue weighted by atomic mass is 19.4. The summed E-state index contributed by atoms with van der Waals surface area (Å²) in [5.74, 6) is -2.78. The second kappa shape index (κ2) is 6.70. The van der Waals surface area contributed by atoms with Crippen LogP contribution in [0.25, 0.3) is 0 Å². The van der Waals surface area contributed by atoms with Crippen molar-refractivity contribution in [3.8, 4) is 5.75 Å². The van der Waals surface area contributed by atoms with E-state index in [9.17, 15) is 22.0 Å². The van der Waals surface area contributed by atoms with Gasteiger partial charge in [0, 0.05) is 6.54 Å². The van der Waals surface area contributed by atoms with Crippen molar-refractivity contribution in [1.29, 1.82) is 0 Å². The Kier molecular flexibility index (Phi) is 5.53. The number of ether oxygens (including phenoxy) is 1. The van der Waals surface area contributed by atoms with Gasteiger partial charge in [0.2, 0.25) is 0 Å². The van der Waals surface area contributed by atoms with E-state index in [1.54, 1.807) is 0 Å². The fraction of sp³-hybridized carbons (Fsp3) is 0.500. The zero-order chi connectivity index (χ0) is 14.5. The van der Waals surface area contributed by atoms with Gasteiger partial charge in [-0.3, -0.25) is 0 Å². The molecule has 0 fully saturated rings. The van der Waals surface area contributed by atoms with Crippen molar-refractivity contribution in [2.24, 2.45) is 0 Å². The normalized spacial score (nSPS) is 11.7. The highest BCUT2D eigenvalue weighted by Gasteiger charge is 2.27. The lowest BCUT2D eigenvalue weighted by Gasteiger charge is -2.11. The molecule has 19 heavy (non-hydrogen) atoms. The summed E-state index contributed by atoms with van der Waals surface area (Å²) in [5, 5.41) is 2.88. The van der Waals surface area contributed by atoms with Gasteiger partial charge in [-0.05, 0) is 24.2 Å². The molecule has 0 aliphatic rings. The second-order valence-electron chi connectivity index (χ2n) is 3.88. The summed E-state index contributed by atoms with van der Waals surface area (Å²) < 4.78 is 67.1. The van der Waals surface area contributed by atoms with Crippen molar-refractivity contribution in [2.75, 3.05) is 13.2 Å². The Morgan fingerprint density at radius 1 is 1.16 bits per heavy atom. The number of halogens is 5. The predicted molar refractivity (Wildman–Crippen MR) is 59.9 cm³/mol. The van der Waals surface area contributed by atoms with E-state index in [-0.39, 0.29) is 6.54 Å². The average Bonchev–Trinajstić information content (AvgIpc) is 2.28. The molecule has 0 spiro atoms. The van der Waals surface area contributed by atoms with Crippen LogP contribution in [0, 0.1) is 11.6 Å². The maximum atomic E-state index is 13.5. The molecule has 0 aliphatic heterocycles. The molecule has 0 aromatic heterocycles. The third-order valence-corrected chi connectivity index (χ3v) is 2.27. The number of nitrogens with one attached hydrogen (secondary N) is 1. The van der Waals surface area contributed by atoms with Gasteiger partial charge in [-0.1, -0.05) is 6.92 Å². The quantitative estimate of drug-likeness (QED) is 0.808. The molecule has 0 saturated heterocycles. The van der Waals surface area contributed by atoms with Crippen LogP contribution >= 0.6 is 0 Å². The summed E-state index contributed by atoms with van der Waals surface area (Å²) in [4.78, 5) is 0. The Hall–Kier alpha value is -1.37. The van der Waals surface area contributed by atoms with Crippen LogP contribution in [0.3, 0.4) is 0 Å². The van der Waals surface area contributed by atoms with Crippen LogP contribution in [0.2, 0.25) is 0 Å². The molecule has 108 valence electrons. The van der Waals surface area contributed by atoms with Crippen LogP contribution in [0.1, 0.15) is 18.9 Å². The number of benzene rings is 1. The lowest BCUT2D eigenvalue weighted by atomic mass is 10.2. The molecule has 0 atom stereocenters. The van der Waals surface area contributed by atoms with E-state index >= 15 is 0 Å². The van der Waals surface area contributed by atoms with Crippen molar-refractivity contribution in [2.45, 2.75) is 26.1 Å². The molecule has 7 heteroatoms. The third-order valence-electron chi connectivity index (χ3n) is 2.27. The monoisotopic (exact) mass is 283 g/mol. The number of hydrogen-bond donors (Lipinski definition) is 1. The molecule has 0 aliphatic carbocycles. The molecule has 1 aromatic rings. The molecule has 0 bridgehead atoms. The highest BCUT2D eigenvalue weighted by Crippen LogP contribution is 2.25. The van der Waals surface area contributed by atoms with Crippen LogP contribution in [-0.4, -0.2) is 19.3 Å². The molecule has 0 unspecified atom stereocenters. The average molecular weight is 283 g/mol. The Balaban J connectivity index is 2.69. The van der Waals surface area contributed by atoms with Crippen molar-refractivity contribution in [3.05, 3.63) is 29.3 Å². The van der Waals surface area contributed by atoms with E-state index in [1.165, 1.54) is 0 Å². The van der Waals surface area contributed by atoms with Crippen molar-refractivity contribution in [3.63, 3.8) is 0 Å². The largest absolute Gasteiger partial charge is 0.487 e. The van der Waals surface area contributed by atoms with Gasteiger partial charge in [-0.2, -0.15) is 13.2 Å². The van der Waals surface area contributed by atoms with Gasteiger partial charge in [0.25, 0.3) is 0 Å². The summed E-state index contributed by atoms with van der Waals surface area (Å²) in [7, 11) is 0. The maximum Gasteiger partial charge on any atom is 0.392 e. The molecule has 2 nitrogen and oxygen atoms in total. The summed E-state index contributed by atoms with van der Waals surface area (Å²) in [5.41, 5.74) is 0.361. The van der Waals surface area contributed by atoms with Crippen LogP contribution in [0.4, 0.5) is 22.0 Å². The summed E-state index contributed by atoms with van der Waals surface area (Å²) in [6.07, 6.45) is -5.68. The van der Waals surface area contributed by atoms with Gasteiger partial charge in [0.15, 0.2) is 17.4 Å². The molecule has 1 rings (SSSR count). The minimum Gasteiger partial charge on any atom is -0.487 e. The van der Waals surface area contributed by atoms with Crippen molar-refractivity contribution >= 4 is 0 Å². The first kappa shape index (κ1) is 15.7. The molecule has 0 amide bonds. The first-order valence-electron chi connectivity index (χ1n) is 5.71. The van der Waals surface area contributed by atoms with Gasteiger partial charge in [-0.15, -0.1) is 0 Å². The first-order chi connectivity index (χ1) is 8.83. The fourth-order valence-electron chi connectivity index (χ4n) is 1.39. The van der Waals surface area contributed by atoms with Crippen LogP contribution in [-0.2, 0) is 6.54 Å². The minimum absolute atomic E-state index is 0.271. The lowest BCUT2D eigenvalue weighted by Crippen LogP contribution is -2.15. The summed E-state index contributed by atoms with van der Waals surface area (Å²) in [6, 6.07) is 2.07. The fourth-order valence-corrected chi connectivity index (χ4v) is 1.39. The number of alkyl halides is 3.